The van der Waals surface area contributed by atoms with Gasteiger partial charge in [-0.05, 0) is 55.4 Å². The third-order valence-corrected chi connectivity index (χ3v) is 5.38. The zero-order chi connectivity index (χ0) is 22.4. The van der Waals surface area contributed by atoms with Crippen molar-refractivity contribution in [1.29, 1.82) is 0 Å². The molecule has 1 aliphatic rings. The first-order valence-corrected chi connectivity index (χ1v) is 10.4. The molecule has 2 aromatic carbocycles. The fourth-order valence-electron chi connectivity index (χ4n) is 3.24. The first-order valence-electron chi connectivity index (χ1n) is 9.97. The minimum Gasteiger partial charge on any atom is -0.463 e. The molecule has 7 heteroatoms. The summed E-state index contributed by atoms with van der Waals surface area (Å²) in [5.41, 5.74) is 3.71. The molecule has 0 saturated carbocycles. The molecule has 1 amide bonds. The van der Waals surface area contributed by atoms with Crippen molar-refractivity contribution in [3.05, 3.63) is 83.1 Å². The van der Waals surface area contributed by atoms with E-state index in [-0.39, 0.29) is 18.5 Å². The number of benzene rings is 2. The minimum atomic E-state index is -0.425. The number of nitrogens with zero attached hydrogens (tertiary/aromatic N) is 1. The second kappa shape index (κ2) is 10.0. The lowest BCUT2D eigenvalue weighted by Gasteiger charge is -2.35. The highest BCUT2D eigenvalue weighted by atomic mass is 32.1. The molecular formula is C24H25N3O3S. The molecule has 0 bridgehead atoms. The van der Waals surface area contributed by atoms with Gasteiger partial charge in [-0.1, -0.05) is 42.5 Å². The molecule has 2 aromatic rings. The number of allylic oxidation sites excluding steroid dienone is 1. The Kier molecular flexibility index (Phi) is 7.20. The molecule has 1 atom stereocenters. The SMILES string of the molecule is CCOC(=O)C1=C(C)N(C)C(=S)NC1c1ccc(NC(=O)C=Cc2ccccc2)cc1. The van der Waals surface area contributed by atoms with Crippen molar-refractivity contribution in [3.8, 4) is 0 Å². The highest BCUT2D eigenvalue weighted by molar-refractivity contribution is 7.80. The van der Waals surface area contributed by atoms with Crippen LogP contribution in [0, 0.1) is 0 Å². The number of anilines is 1. The Bertz CT molecular complexity index is 1030. The van der Waals surface area contributed by atoms with Crippen LogP contribution in [-0.2, 0) is 14.3 Å². The number of hydrogen-bond acceptors (Lipinski definition) is 4. The summed E-state index contributed by atoms with van der Waals surface area (Å²) in [5.74, 6) is -0.603. The second-order valence-corrected chi connectivity index (χ2v) is 7.40. The number of rotatable bonds is 6. The molecule has 1 aliphatic heterocycles. The Morgan fingerprint density at radius 1 is 1.16 bits per heavy atom. The molecule has 6 nitrogen and oxygen atoms in total. The van der Waals surface area contributed by atoms with Crippen LogP contribution in [0.2, 0.25) is 0 Å². The summed E-state index contributed by atoms with van der Waals surface area (Å²) in [5, 5.41) is 6.57. The number of ether oxygens (including phenoxy) is 1. The van der Waals surface area contributed by atoms with Gasteiger partial charge in [-0.3, -0.25) is 4.79 Å². The lowest BCUT2D eigenvalue weighted by Crippen LogP contribution is -2.46. The number of thiocarbonyl (C=S) groups is 1. The van der Waals surface area contributed by atoms with E-state index in [2.05, 4.69) is 10.6 Å². The topological polar surface area (TPSA) is 70.7 Å². The van der Waals surface area contributed by atoms with Gasteiger partial charge in [0.1, 0.15) is 0 Å². The molecular weight excluding hydrogens is 410 g/mol. The van der Waals surface area contributed by atoms with Gasteiger partial charge >= 0.3 is 5.97 Å². The van der Waals surface area contributed by atoms with E-state index in [4.69, 9.17) is 17.0 Å². The van der Waals surface area contributed by atoms with Crippen LogP contribution in [0.15, 0.2) is 71.9 Å². The van der Waals surface area contributed by atoms with Gasteiger partial charge in [-0.2, -0.15) is 0 Å². The predicted molar refractivity (Wildman–Crippen MR) is 126 cm³/mol. The molecule has 31 heavy (non-hydrogen) atoms. The van der Waals surface area contributed by atoms with E-state index in [9.17, 15) is 9.59 Å². The Balaban J connectivity index is 1.76. The largest absolute Gasteiger partial charge is 0.463 e. The fourth-order valence-corrected chi connectivity index (χ4v) is 3.49. The maximum Gasteiger partial charge on any atom is 0.338 e. The van der Waals surface area contributed by atoms with E-state index in [1.165, 1.54) is 6.08 Å². The average molecular weight is 436 g/mol. The monoisotopic (exact) mass is 435 g/mol. The number of amides is 1. The van der Waals surface area contributed by atoms with Gasteiger partial charge in [0.05, 0.1) is 18.2 Å². The van der Waals surface area contributed by atoms with Gasteiger partial charge in [0.25, 0.3) is 0 Å². The molecule has 1 heterocycles. The molecule has 1 unspecified atom stereocenters. The van der Waals surface area contributed by atoms with Gasteiger partial charge in [0, 0.05) is 24.5 Å². The lowest BCUT2D eigenvalue weighted by atomic mass is 9.95. The minimum absolute atomic E-state index is 0.224. The van der Waals surface area contributed by atoms with Crippen LogP contribution >= 0.6 is 12.2 Å². The summed E-state index contributed by atoms with van der Waals surface area (Å²) in [6.45, 7) is 3.91. The summed E-state index contributed by atoms with van der Waals surface area (Å²) < 4.78 is 5.26. The third-order valence-electron chi connectivity index (χ3n) is 4.99. The Morgan fingerprint density at radius 2 is 1.84 bits per heavy atom. The van der Waals surface area contributed by atoms with Crippen LogP contribution in [0.4, 0.5) is 5.69 Å². The number of esters is 1. The van der Waals surface area contributed by atoms with Gasteiger partial charge in [-0.15, -0.1) is 0 Å². The van der Waals surface area contributed by atoms with Crippen molar-refractivity contribution in [2.75, 3.05) is 19.0 Å². The van der Waals surface area contributed by atoms with Crippen molar-refractivity contribution in [2.24, 2.45) is 0 Å². The zero-order valence-electron chi connectivity index (χ0n) is 17.7. The maximum atomic E-state index is 12.6. The van der Waals surface area contributed by atoms with Crippen molar-refractivity contribution >= 4 is 41.0 Å². The Morgan fingerprint density at radius 3 is 2.48 bits per heavy atom. The summed E-state index contributed by atoms with van der Waals surface area (Å²) in [4.78, 5) is 26.6. The third kappa shape index (κ3) is 5.38. The van der Waals surface area contributed by atoms with Crippen LogP contribution < -0.4 is 10.6 Å². The Hall–Kier alpha value is -3.45. The van der Waals surface area contributed by atoms with Gasteiger partial charge < -0.3 is 20.3 Å². The zero-order valence-corrected chi connectivity index (χ0v) is 18.5. The van der Waals surface area contributed by atoms with Gasteiger partial charge in [-0.25, -0.2) is 4.79 Å². The first kappa shape index (κ1) is 22.2. The van der Waals surface area contributed by atoms with Crippen molar-refractivity contribution in [3.63, 3.8) is 0 Å². The van der Waals surface area contributed by atoms with Crippen LogP contribution in [0.1, 0.15) is 31.0 Å². The number of carbonyl (C=O) groups is 2. The highest BCUT2D eigenvalue weighted by Crippen LogP contribution is 2.31. The average Bonchev–Trinajstić information content (AvgIpc) is 2.77. The standard InChI is InChI=1S/C24H25N3O3S/c1-4-30-23(29)21-16(2)27(3)24(31)26-22(21)18-11-13-19(14-12-18)25-20(28)15-10-17-8-6-5-7-9-17/h5-15,22H,4H2,1-3H3,(H,25,28)(H,26,31). The van der Waals surface area contributed by atoms with Crippen LogP contribution in [-0.4, -0.2) is 35.5 Å². The van der Waals surface area contributed by atoms with Crippen molar-refractivity contribution in [2.45, 2.75) is 19.9 Å². The van der Waals surface area contributed by atoms with Crippen molar-refractivity contribution < 1.29 is 14.3 Å². The molecule has 0 aromatic heterocycles. The second-order valence-electron chi connectivity index (χ2n) is 7.02. The highest BCUT2D eigenvalue weighted by Gasteiger charge is 2.33. The fraction of sp³-hybridized carbons (Fsp3) is 0.208. The summed E-state index contributed by atoms with van der Waals surface area (Å²) in [6.07, 6.45) is 3.25. The Labute approximate surface area is 187 Å². The van der Waals surface area contributed by atoms with E-state index in [1.54, 1.807) is 30.0 Å². The molecule has 0 saturated heterocycles. The summed E-state index contributed by atoms with van der Waals surface area (Å²) >= 11 is 5.40. The molecule has 0 aliphatic carbocycles. The van der Waals surface area contributed by atoms with Gasteiger partial charge in [0.15, 0.2) is 5.11 Å². The van der Waals surface area contributed by atoms with E-state index in [0.29, 0.717) is 16.4 Å². The molecule has 2 N–H and O–H groups in total. The molecule has 3 rings (SSSR count). The summed E-state index contributed by atoms with van der Waals surface area (Å²) in [6, 6.07) is 16.5. The lowest BCUT2D eigenvalue weighted by molar-refractivity contribution is -0.139. The summed E-state index contributed by atoms with van der Waals surface area (Å²) in [7, 11) is 1.81. The van der Waals surface area contributed by atoms with E-state index < -0.39 is 6.04 Å². The van der Waals surface area contributed by atoms with Crippen LogP contribution in [0.5, 0.6) is 0 Å². The quantitative estimate of drug-likeness (QED) is 0.406. The predicted octanol–water partition coefficient (Wildman–Crippen LogP) is 4.04. The van der Waals surface area contributed by atoms with E-state index >= 15 is 0 Å². The van der Waals surface area contributed by atoms with Crippen molar-refractivity contribution in [1.82, 2.24) is 10.2 Å². The van der Waals surface area contributed by atoms with Crippen LogP contribution in [0.3, 0.4) is 0 Å². The van der Waals surface area contributed by atoms with E-state index in [0.717, 1.165) is 16.8 Å². The number of nitrogens with one attached hydrogen (secondary N) is 2. The maximum absolute atomic E-state index is 12.6. The molecule has 0 fully saturated rings. The smallest absolute Gasteiger partial charge is 0.338 e. The molecule has 0 spiro atoms. The van der Waals surface area contributed by atoms with E-state index in [1.807, 2.05) is 56.4 Å². The molecule has 0 radical (unpaired) electrons. The number of carbonyl (C=O) groups excluding carboxylic acids is 2. The molecule has 160 valence electrons. The van der Waals surface area contributed by atoms with Gasteiger partial charge in [0.2, 0.25) is 5.91 Å². The first-order chi connectivity index (χ1) is 14.9. The van der Waals surface area contributed by atoms with Crippen LogP contribution in [0.25, 0.3) is 6.08 Å². The normalized spacial score (nSPS) is 16.3. The number of hydrogen-bond donors (Lipinski definition) is 2.